The van der Waals surface area contributed by atoms with Crippen LogP contribution in [0.3, 0.4) is 0 Å². The van der Waals surface area contributed by atoms with E-state index in [4.69, 9.17) is 4.74 Å². The Bertz CT molecular complexity index is 641. The first-order valence-electron chi connectivity index (χ1n) is 8.99. The van der Waals surface area contributed by atoms with Gasteiger partial charge in [0.05, 0.1) is 6.04 Å². The van der Waals surface area contributed by atoms with Crippen LogP contribution in [0.2, 0.25) is 0 Å². The lowest BCUT2D eigenvalue weighted by Gasteiger charge is -2.33. The molecule has 0 spiro atoms. The number of nitrogens with zero attached hydrogens (tertiary/aromatic N) is 1. The van der Waals surface area contributed by atoms with Gasteiger partial charge in [-0.15, -0.1) is 0 Å². The quantitative estimate of drug-likeness (QED) is 0.759. The molecule has 0 radical (unpaired) electrons. The molecule has 1 aliphatic carbocycles. The second kappa shape index (κ2) is 7.68. The predicted molar refractivity (Wildman–Crippen MR) is 88.4 cm³/mol. The monoisotopic (exact) mass is 369 g/mol. The highest BCUT2D eigenvalue weighted by molar-refractivity contribution is 5.92. The molecule has 1 aromatic carbocycles. The van der Waals surface area contributed by atoms with Gasteiger partial charge in [0.15, 0.2) is 0 Å². The number of carbonyl (C=O) groups excluding carboxylic acids is 2. The van der Waals surface area contributed by atoms with Crippen molar-refractivity contribution in [3.05, 3.63) is 35.9 Å². The van der Waals surface area contributed by atoms with Crippen molar-refractivity contribution in [1.82, 2.24) is 4.90 Å². The highest BCUT2D eigenvalue weighted by atomic mass is 19.4. The van der Waals surface area contributed by atoms with Gasteiger partial charge in [0.2, 0.25) is 0 Å². The molecule has 26 heavy (non-hydrogen) atoms. The van der Waals surface area contributed by atoms with Crippen molar-refractivity contribution in [2.24, 2.45) is 5.92 Å². The third kappa shape index (κ3) is 4.02. The van der Waals surface area contributed by atoms with Crippen LogP contribution in [0.5, 0.6) is 0 Å². The molecule has 2 fully saturated rings. The summed E-state index contributed by atoms with van der Waals surface area (Å²) in [5.41, 5.74) is 0.668. The van der Waals surface area contributed by atoms with E-state index < -0.39 is 30.1 Å². The molecule has 1 saturated heterocycles. The van der Waals surface area contributed by atoms with Crippen LogP contribution in [0.1, 0.15) is 50.1 Å². The minimum absolute atomic E-state index is 0.0184. The highest BCUT2D eigenvalue weighted by Crippen LogP contribution is 2.37. The SMILES string of the molecule is O=C1OC[C@H](c2ccccc2)N1[C@@H](CC1CCCCC1)C(=O)C(F)(F)F. The Kier molecular flexibility index (Phi) is 5.53. The number of cyclic esters (lactones) is 1. The van der Waals surface area contributed by atoms with Crippen molar-refractivity contribution < 1.29 is 27.5 Å². The minimum Gasteiger partial charge on any atom is -0.447 e. The van der Waals surface area contributed by atoms with E-state index in [1.165, 1.54) is 0 Å². The van der Waals surface area contributed by atoms with E-state index in [0.717, 1.165) is 37.0 Å². The number of ether oxygens (including phenoxy) is 1. The molecule has 1 heterocycles. The number of benzene rings is 1. The van der Waals surface area contributed by atoms with E-state index in [9.17, 15) is 22.8 Å². The average molecular weight is 369 g/mol. The maximum absolute atomic E-state index is 13.2. The molecule has 7 heteroatoms. The second-order valence-corrected chi connectivity index (χ2v) is 7.03. The van der Waals surface area contributed by atoms with E-state index in [0.29, 0.717) is 5.56 Å². The fourth-order valence-corrected chi connectivity index (χ4v) is 3.98. The van der Waals surface area contributed by atoms with Crippen molar-refractivity contribution in [2.45, 2.75) is 56.8 Å². The Morgan fingerprint density at radius 1 is 1.15 bits per heavy atom. The number of carbonyl (C=O) groups is 2. The zero-order chi connectivity index (χ0) is 18.7. The Balaban J connectivity index is 1.90. The Hall–Kier alpha value is -2.05. The van der Waals surface area contributed by atoms with E-state index in [2.05, 4.69) is 0 Å². The summed E-state index contributed by atoms with van der Waals surface area (Å²) in [5.74, 6) is -1.84. The molecule has 1 saturated carbocycles. The smallest absolute Gasteiger partial charge is 0.447 e. The van der Waals surface area contributed by atoms with Gasteiger partial charge in [-0.25, -0.2) is 4.79 Å². The van der Waals surface area contributed by atoms with Gasteiger partial charge in [-0.3, -0.25) is 9.69 Å². The van der Waals surface area contributed by atoms with Gasteiger partial charge in [-0.05, 0) is 17.9 Å². The third-order valence-corrected chi connectivity index (χ3v) is 5.29. The van der Waals surface area contributed by atoms with Gasteiger partial charge in [-0.2, -0.15) is 13.2 Å². The standard InChI is InChI=1S/C19H22F3NO3/c20-19(21,22)17(24)15(11-13-7-3-1-4-8-13)23-16(12-26-18(23)25)14-9-5-2-6-10-14/h2,5-6,9-10,13,15-16H,1,3-4,7-8,11-12H2/t15-,16+/m0/s1. The molecule has 1 aromatic rings. The number of rotatable bonds is 5. The van der Waals surface area contributed by atoms with Crippen LogP contribution < -0.4 is 0 Å². The molecular weight excluding hydrogens is 347 g/mol. The van der Waals surface area contributed by atoms with Gasteiger partial charge in [-0.1, -0.05) is 62.4 Å². The van der Waals surface area contributed by atoms with Crippen molar-refractivity contribution in [3.63, 3.8) is 0 Å². The number of hydrogen-bond acceptors (Lipinski definition) is 3. The molecule has 0 unspecified atom stereocenters. The topological polar surface area (TPSA) is 46.6 Å². The first-order valence-corrected chi connectivity index (χ1v) is 8.99. The molecule has 3 rings (SSSR count). The molecule has 142 valence electrons. The van der Waals surface area contributed by atoms with Crippen LogP contribution in [0, 0.1) is 5.92 Å². The molecule has 1 amide bonds. The number of alkyl halides is 3. The summed E-state index contributed by atoms with van der Waals surface area (Å²) in [7, 11) is 0. The van der Waals surface area contributed by atoms with E-state index in [1.807, 2.05) is 0 Å². The van der Waals surface area contributed by atoms with Crippen molar-refractivity contribution >= 4 is 11.9 Å². The molecule has 1 aliphatic heterocycles. The Labute approximate surface area is 150 Å². The minimum atomic E-state index is -4.98. The van der Waals surface area contributed by atoms with Crippen molar-refractivity contribution in [2.75, 3.05) is 6.61 Å². The van der Waals surface area contributed by atoms with Crippen LogP contribution in [0.25, 0.3) is 0 Å². The van der Waals surface area contributed by atoms with Crippen LogP contribution >= 0.6 is 0 Å². The molecular formula is C19H22F3NO3. The van der Waals surface area contributed by atoms with Gasteiger partial charge >= 0.3 is 12.3 Å². The molecule has 0 N–H and O–H groups in total. The average Bonchev–Trinajstić information content (AvgIpc) is 3.01. The zero-order valence-electron chi connectivity index (χ0n) is 14.4. The second-order valence-electron chi connectivity index (χ2n) is 7.03. The maximum atomic E-state index is 13.2. The molecule has 0 bridgehead atoms. The summed E-state index contributed by atoms with van der Waals surface area (Å²) in [4.78, 5) is 25.4. The molecule has 2 atom stereocenters. The number of ketones is 1. The fraction of sp³-hybridized carbons (Fsp3) is 0.579. The summed E-state index contributed by atoms with van der Waals surface area (Å²) in [6, 6.07) is 6.54. The van der Waals surface area contributed by atoms with Crippen LogP contribution in [0.15, 0.2) is 30.3 Å². The number of Topliss-reactive ketones (excluding diaryl/α,β-unsaturated/α-hetero) is 1. The number of halogens is 3. The van der Waals surface area contributed by atoms with E-state index in [-0.39, 0.29) is 18.9 Å². The Morgan fingerprint density at radius 2 is 1.81 bits per heavy atom. The number of hydrogen-bond donors (Lipinski definition) is 0. The van der Waals surface area contributed by atoms with Crippen LogP contribution in [0.4, 0.5) is 18.0 Å². The lowest BCUT2D eigenvalue weighted by molar-refractivity contribution is -0.176. The zero-order valence-corrected chi connectivity index (χ0v) is 14.4. The largest absolute Gasteiger partial charge is 0.452 e. The predicted octanol–water partition coefficient (Wildman–Crippen LogP) is 4.65. The summed E-state index contributed by atoms with van der Waals surface area (Å²) >= 11 is 0. The highest BCUT2D eigenvalue weighted by Gasteiger charge is 2.51. The maximum Gasteiger partial charge on any atom is 0.452 e. The van der Waals surface area contributed by atoms with Gasteiger partial charge in [0.25, 0.3) is 5.78 Å². The Morgan fingerprint density at radius 3 is 2.42 bits per heavy atom. The molecule has 4 nitrogen and oxygen atoms in total. The van der Waals surface area contributed by atoms with E-state index in [1.54, 1.807) is 30.3 Å². The normalized spacial score (nSPS) is 23.0. The van der Waals surface area contributed by atoms with Crippen molar-refractivity contribution in [3.8, 4) is 0 Å². The summed E-state index contributed by atoms with van der Waals surface area (Å²) < 4.78 is 44.7. The van der Waals surface area contributed by atoms with Crippen molar-refractivity contribution in [1.29, 1.82) is 0 Å². The number of amides is 1. The van der Waals surface area contributed by atoms with Crippen LogP contribution in [-0.4, -0.2) is 35.6 Å². The lowest BCUT2D eigenvalue weighted by atomic mass is 9.83. The van der Waals surface area contributed by atoms with Gasteiger partial charge in [0, 0.05) is 0 Å². The molecule has 2 aliphatic rings. The van der Waals surface area contributed by atoms with E-state index >= 15 is 0 Å². The molecule has 0 aromatic heterocycles. The first-order chi connectivity index (χ1) is 12.4. The summed E-state index contributed by atoms with van der Waals surface area (Å²) in [5, 5.41) is 0. The summed E-state index contributed by atoms with van der Waals surface area (Å²) in [6.07, 6.45) is -1.25. The van der Waals surface area contributed by atoms with Gasteiger partial charge < -0.3 is 4.74 Å². The first kappa shape index (κ1) is 18.7. The van der Waals surface area contributed by atoms with Crippen LogP contribution in [-0.2, 0) is 9.53 Å². The lowest BCUT2D eigenvalue weighted by Crippen LogP contribution is -2.49. The summed E-state index contributed by atoms with van der Waals surface area (Å²) in [6.45, 7) is -0.0465. The third-order valence-electron chi connectivity index (χ3n) is 5.29. The fourth-order valence-electron chi connectivity index (χ4n) is 3.98. The van der Waals surface area contributed by atoms with Gasteiger partial charge in [0.1, 0.15) is 12.6 Å².